The summed E-state index contributed by atoms with van der Waals surface area (Å²) >= 11 is 0. The van der Waals surface area contributed by atoms with Crippen LogP contribution < -0.4 is 5.32 Å². The molecule has 2 aliphatic rings. The second kappa shape index (κ2) is 9.65. The van der Waals surface area contributed by atoms with Crippen molar-refractivity contribution in [2.24, 2.45) is 0 Å². The molecule has 1 saturated heterocycles. The summed E-state index contributed by atoms with van der Waals surface area (Å²) in [6, 6.07) is 17.4. The van der Waals surface area contributed by atoms with Gasteiger partial charge < -0.3 is 20.3 Å². The van der Waals surface area contributed by atoms with Gasteiger partial charge >= 0.3 is 0 Å². The molecule has 166 valence electrons. The van der Waals surface area contributed by atoms with E-state index in [1.54, 1.807) is 6.07 Å². The largest absolute Gasteiger partial charge is 0.483 e. The van der Waals surface area contributed by atoms with Crippen LogP contribution in [-0.2, 0) is 4.79 Å². The minimum atomic E-state index is -0.250. The van der Waals surface area contributed by atoms with E-state index >= 15 is 0 Å². The summed E-state index contributed by atoms with van der Waals surface area (Å²) in [5.74, 6) is -0.129. The minimum absolute atomic E-state index is 0.0342. The predicted molar refractivity (Wildman–Crippen MR) is 122 cm³/mol. The zero-order chi connectivity index (χ0) is 22.5. The number of hydrogen-bond donors (Lipinski definition) is 3. The van der Waals surface area contributed by atoms with Crippen LogP contribution >= 0.6 is 0 Å². The van der Waals surface area contributed by atoms with Crippen LogP contribution in [0.2, 0.25) is 0 Å². The minimum Gasteiger partial charge on any atom is -0.483 e. The molecular formula is C24H26N4O4. The molecular weight excluding hydrogens is 408 g/mol. The van der Waals surface area contributed by atoms with E-state index in [1.807, 2.05) is 53.4 Å². The van der Waals surface area contributed by atoms with Crippen molar-refractivity contribution < 1.29 is 19.5 Å². The third kappa shape index (κ3) is 4.97. The Kier molecular flexibility index (Phi) is 6.51. The normalized spacial score (nSPS) is 16.2. The summed E-state index contributed by atoms with van der Waals surface area (Å²) in [4.78, 5) is 41.4. The van der Waals surface area contributed by atoms with Crippen LogP contribution in [0.5, 0.6) is 0 Å². The SMILES string of the molecule is O=C(Nc1ccccc1)c1ccc2[nH]c(C(=O)N3CCN(C4CC4)CC3)cc2c1.O=CO. The van der Waals surface area contributed by atoms with Crippen molar-refractivity contribution in [1.29, 1.82) is 0 Å². The summed E-state index contributed by atoms with van der Waals surface area (Å²) in [5.41, 5.74) is 2.77. The number of nitrogens with zero attached hydrogens (tertiary/aromatic N) is 2. The number of hydrogen-bond acceptors (Lipinski definition) is 4. The number of amides is 2. The van der Waals surface area contributed by atoms with Gasteiger partial charge in [-0.2, -0.15) is 0 Å². The van der Waals surface area contributed by atoms with E-state index in [1.165, 1.54) is 12.8 Å². The highest BCUT2D eigenvalue weighted by atomic mass is 16.3. The van der Waals surface area contributed by atoms with Crippen molar-refractivity contribution in [3.8, 4) is 0 Å². The van der Waals surface area contributed by atoms with Crippen molar-refractivity contribution in [2.45, 2.75) is 18.9 Å². The Balaban J connectivity index is 0.000000775. The van der Waals surface area contributed by atoms with Gasteiger partial charge in [0, 0.05) is 54.4 Å². The summed E-state index contributed by atoms with van der Waals surface area (Å²) < 4.78 is 0. The first kappa shape index (κ1) is 21.6. The van der Waals surface area contributed by atoms with Gasteiger partial charge in [-0.05, 0) is 49.2 Å². The van der Waals surface area contributed by atoms with Crippen LogP contribution in [0.3, 0.4) is 0 Å². The van der Waals surface area contributed by atoms with Crippen LogP contribution in [0.4, 0.5) is 5.69 Å². The molecule has 2 amide bonds. The number of anilines is 1. The molecule has 1 saturated carbocycles. The van der Waals surface area contributed by atoms with E-state index in [-0.39, 0.29) is 18.3 Å². The fourth-order valence-corrected chi connectivity index (χ4v) is 4.01. The summed E-state index contributed by atoms with van der Waals surface area (Å²) in [6.45, 7) is 3.21. The average Bonchev–Trinajstić information content (AvgIpc) is 3.58. The van der Waals surface area contributed by atoms with Gasteiger partial charge in [-0.1, -0.05) is 18.2 Å². The smallest absolute Gasteiger partial charge is 0.290 e. The second-order valence-electron chi connectivity index (χ2n) is 7.97. The quantitative estimate of drug-likeness (QED) is 0.548. The average molecular weight is 434 g/mol. The highest BCUT2D eigenvalue weighted by Gasteiger charge is 2.32. The zero-order valence-electron chi connectivity index (χ0n) is 17.7. The van der Waals surface area contributed by atoms with Gasteiger partial charge in [0.05, 0.1) is 0 Å². The highest BCUT2D eigenvalue weighted by molar-refractivity contribution is 6.07. The van der Waals surface area contributed by atoms with Crippen LogP contribution in [-0.4, -0.2) is 70.4 Å². The maximum Gasteiger partial charge on any atom is 0.290 e. The molecule has 2 aromatic carbocycles. The number of aromatic amines is 1. The van der Waals surface area contributed by atoms with Gasteiger partial charge in [-0.25, -0.2) is 0 Å². The number of benzene rings is 2. The van der Waals surface area contributed by atoms with E-state index in [0.717, 1.165) is 48.8 Å². The molecule has 0 radical (unpaired) electrons. The Morgan fingerprint density at radius 2 is 1.69 bits per heavy atom. The molecule has 1 aromatic heterocycles. The highest BCUT2D eigenvalue weighted by Crippen LogP contribution is 2.28. The van der Waals surface area contributed by atoms with Crippen molar-refractivity contribution in [3.63, 3.8) is 0 Å². The Labute approximate surface area is 185 Å². The van der Waals surface area contributed by atoms with E-state index < -0.39 is 0 Å². The van der Waals surface area contributed by atoms with Gasteiger partial charge in [0.15, 0.2) is 0 Å². The van der Waals surface area contributed by atoms with Gasteiger partial charge in [0.25, 0.3) is 18.3 Å². The molecule has 5 rings (SSSR count). The van der Waals surface area contributed by atoms with E-state index in [9.17, 15) is 9.59 Å². The third-order valence-electron chi connectivity index (χ3n) is 5.81. The number of carboxylic acid groups (broad SMARTS) is 1. The molecule has 0 atom stereocenters. The topological polar surface area (TPSA) is 106 Å². The maximum atomic E-state index is 12.9. The van der Waals surface area contributed by atoms with Crippen molar-refractivity contribution in [3.05, 3.63) is 65.9 Å². The first-order chi connectivity index (χ1) is 15.6. The lowest BCUT2D eigenvalue weighted by molar-refractivity contribution is -0.122. The van der Waals surface area contributed by atoms with Crippen molar-refractivity contribution in [1.82, 2.24) is 14.8 Å². The number of piperazine rings is 1. The molecule has 2 fully saturated rings. The Morgan fingerprint density at radius 1 is 1.00 bits per heavy atom. The van der Waals surface area contributed by atoms with Crippen LogP contribution in [0.25, 0.3) is 10.9 Å². The third-order valence-corrected chi connectivity index (χ3v) is 5.81. The molecule has 32 heavy (non-hydrogen) atoms. The number of fused-ring (bicyclic) bond motifs is 1. The van der Waals surface area contributed by atoms with E-state index in [0.29, 0.717) is 11.3 Å². The zero-order valence-corrected chi connectivity index (χ0v) is 17.7. The number of carbonyl (C=O) groups excluding carboxylic acids is 2. The lowest BCUT2D eigenvalue weighted by atomic mass is 10.1. The predicted octanol–water partition coefficient (Wildman–Crippen LogP) is 3.04. The van der Waals surface area contributed by atoms with Gasteiger partial charge in [0.2, 0.25) is 0 Å². The van der Waals surface area contributed by atoms with Crippen molar-refractivity contribution >= 4 is 34.9 Å². The summed E-state index contributed by atoms with van der Waals surface area (Å²) in [5, 5.41) is 10.6. The van der Waals surface area contributed by atoms with E-state index in [4.69, 9.17) is 9.90 Å². The summed E-state index contributed by atoms with van der Waals surface area (Å²) in [7, 11) is 0. The molecule has 3 N–H and O–H groups in total. The van der Waals surface area contributed by atoms with Crippen LogP contribution in [0.15, 0.2) is 54.6 Å². The van der Waals surface area contributed by atoms with E-state index in [2.05, 4.69) is 15.2 Å². The Hall–Kier alpha value is -3.65. The molecule has 2 heterocycles. The first-order valence-electron chi connectivity index (χ1n) is 10.7. The number of rotatable bonds is 4. The molecule has 0 bridgehead atoms. The molecule has 3 aromatic rings. The molecule has 8 nitrogen and oxygen atoms in total. The lowest BCUT2D eigenvalue weighted by Gasteiger charge is -2.34. The van der Waals surface area contributed by atoms with Crippen molar-refractivity contribution in [2.75, 3.05) is 31.5 Å². The number of H-pyrrole nitrogens is 1. The van der Waals surface area contributed by atoms with Gasteiger partial charge in [-0.15, -0.1) is 0 Å². The standard InChI is InChI=1S/C23H24N4O2.CH2O2/c28-22(24-18-4-2-1-3-5-18)16-6-9-20-17(14-16)15-21(25-20)23(29)27-12-10-26(11-13-27)19-7-8-19;2-1-3/h1-6,9,14-15,19,25H,7-8,10-13H2,(H,24,28);1H,(H,2,3). The molecule has 1 aliphatic carbocycles. The molecule has 0 unspecified atom stereocenters. The Morgan fingerprint density at radius 3 is 2.34 bits per heavy atom. The fourth-order valence-electron chi connectivity index (χ4n) is 4.01. The van der Waals surface area contributed by atoms with Crippen LogP contribution in [0, 0.1) is 0 Å². The van der Waals surface area contributed by atoms with Crippen LogP contribution in [0.1, 0.15) is 33.7 Å². The molecule has 8 heteroatoms. The lowest BCUT2D eigenvalue weighted by Crippen LogP contribution is -2.49. The fraction of sp³-hybridized carbons (Fsp3) is 0.292. The number of carbonyl (C=O) groups is 3. The number of aromatic nitrogens is 1. The van der Waals surface area contributed by atoms with Gasteiger partial charge in [-0.3, -0.25) is 19.3 Å². The monoisotopic (exact) mass is 434 g/mol. The first-order valence-corrected chi connectivity index (χ1v) is 10.7. The maximum absolute atomic E-state index is 12.9. The number of para-hydroxylation sites is 1. The number of nitrogens with one attached hydrogen (secondary N) is 2. The Bertz CT molecular complexity index is 1100. The van der Waals surface area contributed by atoms with Gasteiger partial charge in [0.1, 0.15) is 5.69 Å². The molecule has 0 spiro atoms. The molecule has 1 aliphatic heterocycles. The second-order valence-corrected chi connectivity index (χ2v) is 7.97. The summed E-state index contributed by atoms with van der Waals surface area (Å²) in [6.07, 6.45) is 2.60.